The smallest absolute Gasteiger partial charge is 0.338 e. The summed E-state index contributed by atoms with van der Waals surface area (Å²) >= 11 is 0. The van der Waals surface area contributed by atoms with Gasteiger partial charge in [0.05, 0.1) is 18.1 Å². The third-order valence-electron chi connectivity index (χ3n) is 2.43. The molecule has 0 heterocycles. The van der Waals surface area contributed by atoms with Crippen molar-refractivity contribution in [1.82, 2.24) is 0 Å². The highest BCUT2D eigenvalue weighted by Crippen LogP contribution is 2.17. The molecule has 0 saturated carbocycles. The molecule has 1 unspecified atom stereocenters. The van der Waals surface area contributed by atoms with E-state index >= 15 is 0 Å². The van der Waals surface area contributed by atoms with Crippen molar-refractivity contribution in [2.45, 2.75) is 26.2 Å². The van der Waals surface area contributed by atoms with Gasteiger partial charge in [0.1, 0.15) is 0 Å². The van der Waals surface area contributed by atoms with E-state index in [-0.39, 0.29) is 0 Å². The second-order valence-electron chi connectivity index (χ2n) is 3.82. The lowest BCUT2D eigenvalue weighted by Gasteiger charge is -2.08. The van der Waals surface area contributed by atoms with Gasteiger partial charge in [0.25, 0.3) is 0 Å². The van der Waals surface area contributed by atoms with Crippen molar-refractivity contribution >= 4 is 11.9 Å². The molecule has 4 heteroatoms. The van der Waals surface area contributed by atoms with E-state index in [1.165, 1.54) is 0 Å². The Morgan fingerprint density at radius 1 is 1.41 bits per heavy atom. The average molecular weight is 236 g/mol. The first-order valence-corrected chi connectivity index (χ1v) is 5.56. The molecular weight excluding hydrogens is 220 g/mol. The first-order valence-electron chi connectivity index (χ1n) is 5.56. The summed E-state index contributed by atoms with van der Waals surface area (Å²) < 4.78 is 4.99. The zero-order valence-electron chi connectivity index (χ0n) is 9.97. The van der Waals surface area contributed by atoms with Crippen LogP contribution >= 0.6 is 0 Å². The minimum absolute atomic E-state index is 0.373. The number of aliphatic carboxylic acids is 1. The van der Waals surface area contributed by atoms with Crippen LogP contribution in [0.25, 0.3) is 0 Å². The average Bonchev–Trinajstić information content (AvgIpc) is 2.35. The molecule has 1 rings (SSSR count). The monoisotopic (exact) mass is 236 g/mol. The fraction of sp³-hybridized carbons (Fsp3) is 0.385. The van der Waals surface area contributed by atoms with Gasteiger partial charge in [-0.15, -0.1) is 0 Å². The molecular formula is C13H16O4. The first kappa shape index (κ1) is 13.2. The van der Waals surface area contributed by atoms with Crippen LogP contribution in [-0.4, -0.2) is 23.7 Å². The third-order valence-corrected chi connectivity index (χ3v) is 2.43. The Morgan fingerprint density at radius 3 is 2.71 bits per heavy atom. The first-order chi connectivity index (χ1) is 8.06. The van der Waals surface area contributed by atoms with Crippen molar-refractivity contribution in [3.05, 3.63) is 35.4 Å². The maximum absolute atomic E-state index is 11.6. The van der Waals surface area contributed by atoms with Crippen molar-refractivity contribution < 1.29 is 19.4 Å². The SMILES string of the molecule is CCCOC(=O)c1cccc(C(C)C(=O)O)c1. The van der Waals surface area contributed by atoms with E-state index in [0.717, 1.165) is 6.42 Å². The van der Waals surface area contributed by atoms with Crippen molar-refractivity contribution in [3.63, 3.8) is 0 Å². The number of hydrogen-bond acceptors (Lipinski definition) is 3. The Labute approximate surface area is 100 Å². The summed E-state index contributed by atoms with van der Waals surface area (Å²) in [6.45, 7) is 3.87. The Hall–Kier alpha value is -1.84. The molecule has 1 atom stereocenters. The van der Waals surface area contributed by atoms with Gasteiger partial charge in [-0.05, 0) is 31.0 Å². The summed E-state index contributed by atoms with van der Waals surface area (Å²) in [5.74, 6) is -1.95. The molecule has 92 valence electrons. The molecule has 0 spiro atoms. The minimum Gasteiger partial charge on any atom is -0.481 e. The number of carbonyl (C=O) groups excluding carboxylic acids is 1. The summed E-state index contributed by atoms with van der Waals surface area (Å²) in [5.41, 5.74) is 0.993. The fourth-order valence-electron chi connectivity index (χ4n) is 1.36. The van der Waals surface area contributed by atoms with Crippen molar-refractivity contribution in [3.8, 4) is 0 Å². The number of carbonyl (C=O) groups is 2. The van der Waals surface area contributed by atoms with E-state index in [9.17, 15) is 9.59 Å². The van der Waals surface area contributed by atoms with E-state index in [0.29, 0.717) is 17.7 Å². The molecule has 0 amide bonds. The maximum atomic E-state index is 11.6. The lowest BCUT2D eigenvalue weighted by Crippen LogP contribution is -2.10. The molecule has 17 heavy (non-hydrogen) atoms. The number of esters is 1. The summed E-state index contributed by atoms with van der Waals surface area (Å²) in [4.78, 5) is 22.4. The highest BCUT2D eigenvalue weighted by molar-refractivity contribution is 5.90. The van der Waals surface area contributed by atoms with Crippen LogP contribution in [0.2, 0.25) is 0 Å². The second kappa shape index (κ2) is 6.03. The molecule has 4 nitrogen and oxygen atoms in total. The molecule has 1 aromatic carbocycles. The third kappa shape index (κ3) is 3.59. The van der Waals surface area contributed by atoms with Gasteiger partial charge < -0.3 is 9.84 Å². The highest BCUT2D eigenvalue weighted by Gasteiger charge is 2.15. The molecule has 1 aromatic rings. The highest BCUT2D eigenvalue weighted by atomic mass is 16.5. The minimum atomic E-state index is -0.913. The van der Waals surface area contributed by atoms with E-state index in [2.05, 4.69) is 0 Å². The van der Waals surface area contributed by atoms with Gasteiger partial charge in [-0.1, -0.05) is 19.1 Å². The topological polar surface area (TPSA) is 63.6 Å². The van der Waals surface area contributed by atoms with Gasteiger partial charge in [0.2, 0.25) is 0 Å². The van der Waals surface area contributed by atoms with E-state index in [1.807, 2.05) is 6.92 Å². The standard InChI is InChI=1S/C13H16O4/c1-3-7-17-13(16)11-6-4-5-10(8-11)9(2)12(14)15/h4-6,8-9H,3,7H2,1-2H3,(H,14,15). The molecule has 0 aliphatic rings. The molecule has 0 aromatic heterocycles. The van der Waals surface area contributed by atoms with Gasteiger partial charge in [-0.3, -0.25) is 4.79 Å². The van der Waals surface area contributed by atoms with Crippen molar-refractivity contribution in [2.75, 3.05) is 6.61 Å². The number of benzene rings is 1. The quantitative estimate of drug-likeness (QED) is 0.797. The summed E-state index contributed by atoms with van der Waals surface area (Å²) in [7, 11) is 0. The van der Waals surface area contributed by atoms with Crippen LogP contribution in [0.4, 0.5) is 0 Å². The zero-order chi connectivity index (χ0) is 12.8. The zero-order valence-corrected chi connectivity index (χ0v) is 9.97. The number of rotatable bonds is 5. The Balaban J connectivity index is 2.85. The molecule has 0 aliphatic heterocycles. The molecule has 0 aliphatic carbocycles. The lowest BCUT2D eigenvalue weighted by molar-refractivity contribution is -0.138. The largest absolute Gasteiger partial charge is 0.481 e. The van der Waals surface area contributed by atoms with Crippen LogP contribution in [0.15, 0.2) is 24.3 Å². The molecule has 0 saturated heterocycles. The number of hydrogen-bond donors (Lipinski definition) is 1. The van der Waals surface area contributed by atoms with Gasteiger partial charge in [0, 0.05) is 0 Å². The van der Waals surface area contributed by atoms with Gasteiger partial charge in [0.15, 0.2) is 0 Å². The van der Waals surface area contributed by atoms with Crippen LogP contribution in [0.1, 0.15) is 42.1 Å². The van der Waals surface area contributed by atoms with Crippen LogP contribution in [0, 0.1) is 0 Å². The number of carboxylic acid groups (broad SMARTS) is 1. The summed E-state index contributed by atoms with van der Waals surface area (Å²) in [6.07, 6.45) is 0.761. The van der Waals surface area contributed by atoms with Crippen LogP contribution in [0.5, 0.6) is 0 Å². The molecule has 0 fully saturated rings. The summed E-state index contributed by atoms with van der Waals surface area (Å²) in [5, 5.41) is 8.89. The lowest BCUT2D eigenvalue weighted by atomic mass is 9.99. The maximum Gasteiger partial charge on any atom is 0.338 e. The van der Waals surface area contributed by atoms with Gasteiger partial charge >= 0.3 is 11.9 Å². The normalized spacial score (nSPS) is 11.9. The second-order valence-corrected chi connectivity index (χ2v) is 3.82. The van der Waals surface area contributed by atoms with Crippen LogP contribution < -0.4 is 0 Å². The Morgan fingerprint density at radius 2 is 2.12 bits per heavy atom. The van der Waals surface area contributed by atoms with E-state index < -0.39 is 17.9 Å². The predicted octanol–water partition coefficient (Wildman–Crippen LogP) is 2.44. The van der Waals surface area contributed by atoms with E-state index in [1.54, 1.807) is 31.2 Å². The molecule has 1 N–H and O–H groups in total. The Bertz CT molecular complexity index is 412. The fourth-order valence-corrected chi connectivity index (χ4v) is 1.36. The number of carboxylic acids is 1. The van der Waals surface area contributed by atoms with Gasteiger partial charge in [-0.25, -0.2) is 4.79 Å². The molecule has 0 bridgehead atoms. The van der Waals surface area contributed by atoms with Crippen molar-refractivity contribution in [1.29, 1.82) is 0 Å². The molecule has 0 radical (unpaired) electrons. The number of ether oxygens (including phenoxy) is 1. The van der Waals surface area contributed by atoms with E-state index in [4.69, 9.17) is 9.84 Å². The predicted molar refractivity (Wildman–Crippen MR) is 63.1 cm³/mol. The van der Waals surface area contributed by atoms with Gasteiger partial charge in [-0.2, -0.15) is 0 Å². The van der Waals surface area contributed by atoms with Crippen LogP contribution in [-0.2, 0) is 9.53 Å². The van der Waals surface area contributed by atoms with Crippen LogP contribution in [0.3, 0.4) is 0 Å². The summed E-state index contributed by atoms with van der Waals surface area (Å²) in [6, 6.07) is 6.54. The van der Waals surface area contributed by atoms with Crippen molar-refractivity contribution in [2.24, 2.45) is 0 Å². The Kier molecular flexibility index (Phi) is 4.69.